The minimum absolute atomic E-state index is 0.0818. The standard InChI is InChI=1S/C19H20ClNO5S/c1-21(13-15-5-3-2-4-6-15)18(22)14-26-19(23)11-12-27(24,25)17-9-7-16(20)8-10-17/h2-10H,11-14H2,1H3. The highest BCUT2D eigenvalue weighted by Gasteiger charge is 2.18. The van der Waals surface area contributed by atoms with E-state index in [-0.39, 0.29) is 17.2 Å². The van der Waals surface area contributed by atoms with Crippen molar-refractivity contribution in [1.82, 2.24) is 4.90 Å². The van der Waals surface area contributed by atoms with Crippen molar-refractivity contribution in [2.75, 3.05) is 19.4 Å². The first kappa shape index (κ1) is 20.9. The molecule has 0 spiro atoms. The van der Waals surface area contributed by atoms with Crippen LogP contribution in [0.1, 0.15) is 12.0 Å². The molecule has 27 heavy (non-hydrogen) atoms. The fourth-order valence-electron chi connectivity index (χ4n) is 2.25. The maximum atomic E-state index is 12.2. The van der Waals surface area contributed by atoms with Gasteiger partial charge in [0.15, 0.2) is 16.4 Å². The van der Waals surface area contributed by atoms with Crippen molar-refractivity contribution in [1.29, 1.82) is 0 Å². The zero-order chi connectivity index (χ0) is 19.9. The fourth-order valence-corrected chi connectivity index (χ4v) is 3.60. The van der Waals surface area contributed by atoms with Crippen LogP contribution in [0, 0.1) is 0 Å². The Balaban J connectivity index is 1.78. The van der Waals surface area contributed by atoms with Gasteiger partial charge in [-0.2, -0.15) is 0 Å². The van der Waals surface area contributed by atoms with E-state index in [0.29, 0.717) is 11.6 Å². The highest BCUT2D eigenvalue weighted by molar-refractivity contribution is 7.91. The van der Waals surface area contributed by atoms with Crippen LogP contribution in [0.15, 0.2) is 59.5 Å². The number of amides is 1. The Hall–Kier alpha value is -2.38. The van der Waals surface area contributed by atoms with Crippen LogP contribution < -0.4 is 0 Å². The van der Waals surface area contributed by atoms with Gasteiger partial charge < -0.3 is 9.64 Å². The van der Waals surface area contributed by atoms with Crippen LogP contribution in [0.2, 0.25) is 5.02 Å². The number of halogens is 1. The molecule has 0 aliphatic heterocycles. The first-order valence-electron chi connectivity index (χ1n) is 8.20. The van der Waals surface area contributed by atoms with E-state index in [1.165, 1.54) is 29.2 Å². The number of rotatable bonds is 8. The Labute approximate surface area is 163 Å². The van der Waals surface area contributed by atoms with Gasteiger partial charge >= 0.3 is 5.97 Å². The molecule has 0 bridgehead atoms. The maximum absolute atomic E-state index is 12.2. The molecule has 0 aliphatic carbocycles. The second kappa shape index (κ2) is 9.53. The molecule has 2 aromatic rings. The van der Waals surface area contributed by atoms with E-state index in [9.17, 15) is 18.0 Å². The second-order valence-electron chi connectivity index (χ2n) is 5.92. The molecule has 0 aromatic heterocycles. The van der Waals surface area contributed by atoms with E-state index in [4.69, 9.17) is 16.3 Å². The number of sulfone groups is 1. The van der Waals surface area contributed by atoms with Crippen LogP contribution in [0.4, 0.5) is 0 Å². The third-order valence-electron chi connectivity index (χ3n) is 3.79. The molecule has 6 nitrogen and oxygen atoms in total. The number of esters is 1. The predicted molar refractivity (Wildman–Crippen MR) is 102 cm³/mol. The molecule has 2 rings (SSSR count). The molecule has 144 valence electrons. The maximum Gasteiger partial charge on any atom is 0.307 e. The summed E-state index contributed by atoms with van der Waals surface area (Å²) in [5, 5.41) is 0.423. The Kier molecular flexibility index (Phi) is 7.38. The van der Waals surface area contributed by atoms with Gasteiger partial charge in [0.2, 0.25) is 0 Å². The summed E-state index contributed by atoms with van der Waals surface area (Å²) in [4.78, 5) is 25.3. The van der Waals surface area contributed by atoms with Crippen molar-refractivity contribution in [3.8, 4) is 0 Å². The minimum atomic E-state index is -3.62. The number of carbonyl (C=O) groups is 2. The van der Waals surface area contributed by atoms with E-state index in [1.807, 2.05) is 30.3 Å². The highest BCUT2D eigenvalue weighted by Crippen LogP contribution is 2.16. The summed E-state index contributed by atoms with van der Waals surface area (Å²) in [7, 11) is -2.02. The van der Waals surface area contributed by atoms with Gasteiger partial charge in [-0.3, -0.25) is 9.59 Å². The molecule has 8 heteroatoms. The van der Waals surface area contributed by atoms with E-state index in [2.05, 4.69) is 0 Å². The smallest absolute Gasteiger partial charge is 0.307 e. The lowest BCUT2D eigenvalue weighted by atomic mass is 10.2. The van der Waals surface area contributed by atoms with Crippen molar-refractivity contribution in [2.24, 2.45) is 0 Å². The Morgan fingerprint density at radius 3 is 2.30 bits per heavy atom. The van der Waals surface area contributed by atoms with Crippen molar-refractivity contribution >= 4 is 33.3 Å². The molecule has 0 atom stereocenters. The summed E-state index contributed by atoms with van der Waals surface area (Å²) in [6.07, 6.45) is -0.333. The third kappa shape index (κ3) is 6.69. The van der Waals surface area contributed by atoms with Crippen molar-refractivity contribution < 1.29 is 22.7 Å². The van der Waals surface area contributed by atoms with Crippen LogP contribution in [0.5, 0.6) is 0 Å². The van der Waals surface area contributed by atoms with Crippen molar-refractivity contribution in [2.45, 2.75) is 17.9 Å². The summed E-state index contributed by atoms with van der Waals surface area (Å²) >= 11 is 5.73. The molecule has 0 unspecified atom stereocenters. The summed E-state index contributed by atoms with van der Waals surface area (Å²) in [6.45, 7) is -0.0364. The molecule has 0 saturated heterocycles. The molecule has 0 N–H and O–H groups in total. The average molecular weight is 410 g/mol. The predicted octanol–water partition coefficient (Wildman–Crippen LogP) is 2.71. The van der Waals surface area contributed by atoms with Gasteiger partial charge in [-0.25, -0.2) is 8.42 Å². The first-order chi connectivity index (χ1) is 12.8. The fraction of sp³-hybridized carbons (Fsp3) is 0.263. The molecular formula is C19H20ClNO5S. The van der Waals surface area contributed by atoms with Crippen molar-refractivity contribution in [3.05, 3.63) is 65.2 Å². The van der Waals surface area contributed by atoms with Crippen LogP contribution >= 0.6 is 11.6 Å². The van der Waals surface area contributed by atoms with Crippen molar-refractivity contribution in [3.63, 3.8) is 0 Å². The Bertz CT molecular complexity index is 882. The summed E-state index contributed by atoms with van der Waals surface area (Å²) < 4.78 is 29.2. The molecular weight excluding hydrogens is 390 g/mol. The van der Waals surface area contributed by atoms with E-state index in [1.54, 1.807) is 7.05 Å². The van der Waals surface area contributed by atoms with Crippen LogP contribution in [0.25, 0.3) is 0 Å². The number of hydrogen-bond acceptors (Lipinski definition) is 5. The lowest BCUT2D eigenvalue weighted by molar-refractivity contribution is -0.151. The number of hydrogen-bond donors (Lipinski definition) is 0. The number of benzene rings is 2. The quantitative estimate of drug-likeness (QED) is 0.626. The van der Waals surface area contributed by atoms with Gasteiger partial charge in [-0.15, -0.1) is 0 Å². The van der Waals surface area contributed by atoms with E-state index < -0.39 is 28.2 Å². The zero-order valence-electron chi connectivity index (χ0n) is 14.8. The third-order valence-corrected chi connectivity index (χ3v) is 5.78. The molecule has 2 aromatic carbocycles. The summed E-state index contributed by atoms with van der Waals surface area (Å²) in [5.74, 6) is -1.51. The summed E-state index contributed by atoms with van der Waals surface area (Å²) in [6, 6.07) is 15.1. The molecule has 0 aliphatic rings. The average Bonchev–Trinajstić information content (AvgIpc) is 2.65. The lowest BCUT2D eigenvalue weighted by Gasteiger charge is -2.17. The largest absolute Gasteiger partial charge is 0.456 e. The van der Waals surface area contributed by atoms with Crippen LogP contribution in [-0.4, -0.2) is 44.6 Å². The first-order valence-corrected chi connectivity index (χ1v) is 10.2. The monoisotopic (exact) mass is 409 g/mol. The van der Waals surface area contributed by atoms with E-state index >= 15 is 0 Å². The van der Waals surface area contributed by atoms with Crippen LogP contribution in [0.3, 0.4) is 0 Å². The summed E-state index contributed by atoms with van der Waals surface area (Å²) in [5.41, 5.74) is 0.953. The zero-order valence-corrected chi connectivity index (χ0v) is 16.4. The number of carbonyl (C=O) groups excluding carboxylic acids is 2. The molecule has 0 fully saturated rings. The molecule has 0 saturated carbocycles. The van der Waals surface area contributed by atoms with E-state index in [0.717, 1.165) is 5.56 Å². The van der Waals surface area contributed by atoms with Gasteiger partial charge in [0.25, 0.3) is 5.91 Å². The molecule has 0 radical (unpaired) electrons. The van der Waals surface area contributed by atoms with Gasteiger partial charge in [0.05, 0.1) is 17.1 Å². The van der Waals surface area contributed by atoms with Gasteiger partial charge in [-0.1, -0.05) is 41.9 Å². The number of likely N-dealkylation sites (N-methyl/N-ethyl adjacent to an activating group) is 1. The molecule has 1 amide bonds. The topological polar surface area (TPSA) is 80.8 Å². The SMILES string of the molecule is CN(Cc1ccccc1)C(=O)COC(=O)CCS(=O)(=O)c1ccc(Cl)cc1. The normalized spacial score (nSPS) is 11.0. The lowest BCUT2D eigenvalue weighted by Crippen LogP contribution is -2.31. The Morgan fingerprint density at radius 1 is 1.04 bits per heavy atom. The number of nitrogens with zero attached hydrogens (tertiary/aromatic N) is 1. The van der Waals surface area contributed by atoms with Gasteiger partial charge in [0.1, 0.15) is 0 Å². The highest BCUT2D eigenvalue weighted by atomic mass is 35.5. The van der Waals surface area contributed by atoms with Gasteiger partial charge in [-0.05, 0) is 29.8 Å². The number of ether oxygens (including phenoxy) is 1. The van der Waals surface area contributed by atoms with Crippen LogP contribution in [-0.2, 0) is 30.7 Å². The van der Waals surface area contributed by atoms with Gasteiger partial charge in [0, 0.05) is 18.6 Å². The molecule has 0 heterocycles. The Morgan fingerprint density at radius 2 is 1.67 bits per heavy atom. The second-order valence-corrected chi connectivity index (χ2v) is 8.46. The minimum Gasteiger partial charge on any atom is -0.456 e.